The smallest absolute Gasteiger partial charge is 0.303 e. The van der Waals surface area contributed by atoms with Gasteiger partial charge in [-0.2, -0.15) is 0 Å². The molecule has 0 heterocycles. The van der Waals surface area contributed by atoms with E-state index in [-0.39, 0.29) is 6.42 Å². The third kappa shape index (κ3) is 6.36. The number of aryl methyl sites for hydroxylation is 6. The van der Waals surface area contributed by atoms with Crippen molar-refractivity contribution in [3.05, 3.63) is 88.0 Å². The molecule has 0 atom stereocenters. The van der Waals surface area contributed by atoms with Crippen LogP contribution < -0.4 is 15.9 Å². The second-order valence-electron chi connectivity index (χ2n) is 10.1. The van der Waals surface area contributed by atoms with E-state index in [0.717, 1.165) is 31.8 Å². The molecule has 0 spiro atoms. The normalized spacial score (nSPS) is 11.6. The maximum Gasteiger partial charge on any atom is 0.303 e. The van der Waals surface area contributed by atoms with Crippen LogP contribution in [0.3, 0.4) is 0 Å². The lowest BCUT2D eigenvalue weighted by molar-refractivity contribution is -0.137. The van der Waals surface area contributed by atoms with Crippen molar-refractivity contribution in [3.8, 4) is 0 Å². The molecule has 0 aliphatic heterocycles. The molecule has 0 aromatic heterocycles. The zero-order valence-electron chi connectivity index (χ0n) is 21.7. The minimum Gasteiger partial charge on any atom is -0.481 e. The number of rotatable bonds is 10. The summed E-state index contributed by atoms with van der Waals surface area (Å²) in [6.07, 6.45) is 5.27. The Morgan fingerprint density at radius 1 is 0.559 bits per heavy atom. The van der Waals surface area contributed by atoms with Gasteiger partial charge in [0.25, 0.3) is 0 Å². The highest BCUT2D eigenvalue weighted by molar-refractivity contribution is 7.95. The van der Waals surface area contributed by atoms with Crippen LogP contribution in [0.25, 0.3) is 0 Å². The van der Waals surface area contributed by atoms with Crippen molar-refractivity contribution in [2.24, 2.45) is 0 Å². The minimum absolute atomic E-state index is 0.269. The molecule has 0 bridgehead atoms. The molecule has 0 radical (unpaired) electrons. The van der Waals surface area contributed by atoms with Gasteiger partial charge in [-0.25, -0.2) is 0 Å². The lowest BCUT2D eigenvalue weighted by Gasteiger charge is -2.29. The van der Waals surface area contributed by atoms with Gasteiger partial charge in [0.05, 0.1) is 6.16 Å². The van der Waals surface area contributed by atoms with E-state index in [4.69, 9.17) is 5.11 Å². The van der Waals surface area contributed by atoms with Crippen LogP contribution in [0.2, 0.25) is 0 Å². The van der Waals surface area contributed by atoms with E-state index in [0.29, 0.717) is 0 Å². The first-order chi connectivity index (χ1) is 16.1. The van der Waals surface area contributed by atoms with E-state index >= 15 is 0 Å². The molecule has 3 aromatic carbocycles. The summed E-state index contributed by atoms with van der Waals surface area (Å²) < 4.78 is 0. The van der Waals surface area contributed by atoms with Gasteiger partial charge in [-0.1, -0.05) is 24.6 Å². The molecule has 0 saturated heterocycles. The summed E-state index contributed by atoms with van der Waals surface area (Å²) in [7, 11) is -1.90. The highest BCUT2D eigenvalue weighted by atomic mass is 31.2. The van der Waals surface area contributed by atoms with Crippen molar-refractivity contribution in [2.75, 3.05) is 6.16 Å². The zero-order valence-corrected chi connectivity index (χ0v) is 22.6. The molecule has 1 N–H and O–H groups in total. The molecule has 0 unspecified atom stereocenters. The van der Waals surface area contributed by atoms with Crippen molar-refractivity contribution in [1.82, 2.24) is 0 Å². The van der Waals surface area contributed by atoms with E-state index in [2.05, 4.69) is 96.1 Å². The Kier molecular flexibility index (Phi) is 8.72. The topological polar surface area (TPSA) is 37.3 Å². The predicted molar refractivity (Wildman–Crippen MR) is 149 cm³/mol. The van der Waals surface area contributed by atoms with Crippen LogP contribution in [0.5, 0.6) is 0 Å². The van der Waals surface area contributed by atoms with Gasteiger partial charge >= 0.3 is 5.97 Å². The van der Waals surface area contributed by atoms with Gasteiger partial charge in [0.2, 0.25) is 0 Å². The fourth-order valence-electron chi connectivity index (χ4n) is 5.33. The number of carboxylic acids is 1. The van der Waals surface area contributed by atoms with E-state index in [1.807, 2.05) is 0 Å². The fraction of sp³-hybridized carbons (Fsp3) is 0.387. The van der Waals surface area contributed by atoms with Gasteiger partial charge in [0.1, 0.15) is 23.2 Å². The molecule has 0 aliphatic rings. The summed E-state index contributed by atoms with van der Waals surface area (Å²) in [6, 6.07) is 21.3. The molecule has 3 rings (SSSR count). The summed E-state index contributed by atoms with van der Waals surface area (Å²) in [5.41, 5.74) is 7.89. The second kappa shape index (κ2) is 11.3. The maximum absolute atomic E-state index is 10.9. The van der Waals surface area contributed by atoms with Gasteiger partial charge in [0, 0.05) is 6.42 Å². The van der Waals surface area contributed by atoms with E-state index in [1.54, 1.807) is 0 Å². The summed E-state index contributed by atoms with van der Waals surface area (Å²) in [5, 5.41) is 13.4. The number of unbranched alkanes of at least 4 members (excludes halogenated alkanes) is 3. The van der Waals surface area contributed by atoms with Crippen molar-refractivity contribution < 1.29 is 9.90 Å². The molecule has 0 aliphatic carbocycles. The van der Waals surface area contributed by atoms with Crippen molar-refractivity contribution in [3.63, 3.8) is 0 Å². The Bertz CT molecular complexity index is 976. The summed E-state index contributed by atoms with van der Waals surface area (Å²) in [4.78, 5) is 10.9. The molecule has 2 nitrogen and oxygen atoms in total. The van der Waals surface area contributed by atoms with Gasteiger partial charge in [-0.15, -0.1) is 0 Å². The van der Waals surface area contributed by atoms with Crippen LogP contribution in [0.1, 0.15) is 65.5 Å². The summed E-state index contributed by atoms with van der Waals surface area (Å²) in [5.74, 6) is -0.692. The van der Waals surface area contributed by atoms with E-state index in [1.165, 1.54) is 49.3 Å². The standard InChI is InChI=1S/C31H39O2P/c1-22-13-23(2)17-28(16-22)34(12-10-8-7-9-11-31(32)33,29-18-24(3)14-25(4)19-29)30-20-26(5)15-27(6)21-30/h13-21H,7-12H2,1-6H3/p+1. The first-order valence-corrected chi connectivity index (χ1v) is 14.4. The Balaban J connectivity index is 2.19. The summed E-state index contributed by atoms with van der Waals surface area (Å²) >= 11 is 0. The Morgan fingerprint density at radius 2 is 0.882 bits per heavy atom. The molecular weight excluding hydrogens is 435 g/mol. The molecule has 0 saturated carbocycles. The van der Waals surface area contributed by atoms with Crippen LogP contribution in [0.15, 0.2) is 54.6 Å². The summed E-state index contributed by atoms with van der Waals surface area (Å²) in [6.45, 7) is 13.3. The number of benzene rings is 3. The van der Waals surface area contributed by atoms with Crippen molar-refractivity contribution >= 4 is 29.1 Å². The van der Waals surface area contributed by atoms with Crippen molar-refractivity contribution in [1.29, 1.82) is 0 Å². The quantitative estimate of drug-likeness (QED) is 0.257. The molecule has 180 valence electrons. The Labute approximate surface area is 206 Å². The number of carboxylic acid groups (broad SMARTS) is 1. The molecule has 3 heteroatoms. The zero-order chi connectivity index (χ0) is 24.9. The SMILES string of the molecule is Cc1cc(C)cc([P+](CCCCCCC(=O)O)(c2cc(C)cc(C)c2)c2cc(C)cc(C)c2)c1. The monoisotopic (exact) mass is 475 g/mol. The van der Waals surface area contributed by atoms with Crippen LogP contribution in [-0.4, -0.2) is 17.2 Å². The first kappa shape index (κ1) is 26.2. The van der Waals surface area contributed by atoms with Gasteiger partial charge < -0.3 is 5.11 Å². The largest absolute Gasteiger partial charge is 0.481 e. The van der Waals surface area contributed by atoms with Crippen LogP contribution in [0.4, 0.5) is 0 Å². The minimum atomic E-state index is -1.90. The number of hydrogen-bond acceptors (Lipinski definition) is 1. The highest BCUT2D eigenvalue weighted by Crippen LogP contribution is 2.57. The number of carbonyl (C=O) groups is 1. The van der Waals surface area contributed by atoms with Gasteiger partial charge in [0.15, 0.2) is 0 Å². The maximum atomic E-state index is 10.9. The average molecular weight is 476 g/mol. The lowest BCUT2D eigenvalue weighted by Crippen LogP contribution is -2.34. The van der Waals surface area contributed by atoms with E-state index in [9.17, 15) is 4.79 Å². The average Bonchev–Trinajstić information content (AvgIpc) is 2.71. The lowest BCUT2D eigenvalue weighted by atomic mass is 10.1. The number of aliphatic carboxylic acids is 1. The van der Waals surface area contributed by atoms with Crippen molar-refractivity contribution in [2.45, 2.75) is 73.6 Å². The molecule has 0 amide bonds. The molecule has 3 aromatic rings. The Hall–Kier alpha value is -2.44. The molecular formula is C31H40O2P+. The molecule has 0 fully saturated rings. The van der Waals surface area contributed by atoms with Crippen LogP contribution >= 0.6 is 7.26 Å². The van der Waals surface area contributed by atoms with Gasteiger partial charge in [-0.3, -0.25) is 4.79 Å². The van der Waals surface area contributed by atoms with Crippen LogP contribution in [0, 0.1) is 41.5 Å². The molecule has 34 heavy (non-hydrogen) atoms. The highest BCUT2D eigenvalue weighted by Gasteiger charge is 2.45. The van der Waals surface area contributed by atoms with Gasteiger partial charge in [-0.05, 0) is 131 Å². The number of hydrogen-bond donors (Lipinski definition) is 1. The second-order valence-corrected chi connectivity index (χ2v) is 13.7. The van der Waals surface area contributed by atoms with Crippen LogP contribution in [-0.2, 0) is 4.79 Å². The van der Waals surface area contributed by atoms with E-state index < -0.39 is 13.2 Å². The third-order valence-corrected chi connectivity index (χ3v) is 11.0. The first-order valence-electron chi connectivity index (χ1n) is 12.5. The third-order valence-electron chi connectivity index (χ3n) is 6.58. The Morgan fingerprint density at radius 3 is 1.21 bits per heavy atom. The predicted octanol–water partition coefficient (Wildman–Crippen LogP) is 6.87. The fourth-order valence-corrected chi connectivity index (χ4v) is 10.2.